The Bertz CT molecular complexity index is 353. The molecule has 2 nitrogen and oxygen atoms in total. The smallest absolute Gasteiger partial charge is 0.123 e. The van der Waals surface area contributed by atoms with Crippen LogP contribution in [0.15, 0.2) is 18.2 Å². The Morgan fingerprint density at radius 1 is 1.57 bits per heavy atom. The lowest BCUT2D eigenvalue weighted by atomic mass is 9.78. The van der Waals surface area contributed by atoms with E-state index in [1.54, 1.807) is 6.07 Å². The highest BCUT2D eigenvalue weighted by molar-refractivity contribution is 5.41. The number of nitrogens with two attached hydrogens (primary N) is 1. The van der Waals surface area contributed by atoms with Crippen LogP contribution in [0.1, 0.15) is 18.9 Å². The number of halogens is 1. The minimum Gasteiger partial charge on any atom is -0.493 e. The molecule has 2 N–H and O–H groups in total. The predicted octanol–water partition coefficient (Wildman–Crippen LogP) is 1.82. The molecule has 0 aromatic heterocycles. The fourth-order valence-electron chi connectivity index (χ4n) is 1.83. The van der Waals surface area contributed by atoms with Crippen molar-refractivity contribution < 1.29 is 9.13 Å². The zero-order chi connectivity index (χ0) is 10.2. The van der Waals surface area contributed by atoms with E-state index in [0.717, 1.165) is 17.7 Å². The number of ether oxygens (including phenoxy) is 1. The van der Waals surface area contributed by atoms with Gasteiger partial charge in [0.15, 0.2) is 0 Å². The molecule has 1 aromatic rings. The highest BCUT2D eigenvalue weighted by Gasteiger charge is 2.32. The zero-order valence-corrected chi connectivity index (χ0v) is 8.22. The summed E-state index contributed by atoms with van der Waals surface area (Å²) in [6.07, 6.45) is 0.847. The molecule has 1 aliphatic heterocycles. The molecule has 76 valence electrons. The maximum absolute atomic E-state index is 13.1. The Hall–Kier alpha value is -1.09. The van der Waals surface area contributed by atoms with Crippen molar-refractivity contribution in [1.82, 2.24) is 0 Å². The van der Waals surface area contributed by atoms with Crippen LogP contribution >= 0.6 is 0 Å². The molecule has 0 fully saturated rings. The Labute approximate surface area is 82.9 Å². The van der Waals surface area contributed by atoms with Crippen molar-refractivity contribution in [2.75, 3.05) is 13.2 Å². The lowest BCUT2D eigenvalue weighted by molar-refractivity contribution is 0.226. The number of benzene rings is 1. The molecule has 1 aliphatic rings. The summed E-state index contributed by atoms with van der Waals surface area (Å²) in [6.45, 7) is 3.23. The van der Waals surface area contributed by atoms with E-state index in [1.807, 2.05) is 6.92 Å². The third kappa shape index (κ3) is 1.38. The second-order valence-electron chi connectivity index (χ2n) is 4.00. The van der Waals surface area contributed by atoms with Gasteiger partial charge in [0, 0.05) is 17.5 Å². The van der Waals surface area contributed by atoms with Gasteiger partial charge >= 0.3 is 0 Å². The first-order valence-corrected chi connectivity index (χ1v) is 4.79. The first kappa shape index (κ1) is 9.46. The third-order valence-electron chi connectivity index (χ3n) is 2.95. The van der Waals surface area contributed by atoms with Crippen LogP contribution in [-0.2, 0) is 5.41 Å². The molecule has 0 saturated heterocycles. The summed E-state index contributed by atoms with van der Waals surface area (Å²) in [5, 5.41) is 0. The number of rotatable bonds is 1. The molecule has 0 saturated carbocycles. The second kappa shape index (κ2) is 3.24. The summed E-state index contributed by atoms with van der Waals surface area (Å²) in [4.78, 5) is 0. The topological polar surface area (TPSA) is 35.2 Å². The lowest BCUT2D eigenvalue weighted by Crippen LogP contribution is -2.37. The molecule has 14 heavy (non-hydrogen) atoms. The maximum Gasteiger partial charge on any atom is 0.123 e. The quantitative estimate of drug-likeness (QED) is 0.742. The fraction of sp³-hybridized carbons (Fsp3) is 0.455. The minimum atomic E-state index is -0.228. The molecule has 0 amide bonds. The van der Waals surface area contributed by atoms with Crippen LogP contribution in [-0.4, -0.2) is 13.2 Å². The first-order valence-electron chi connectivity index (χ1n) is 4.79. The summed E-state index contributed by atoms with van der Waals surface area (Å²) < 4.78 is 18.5. The van der Waals surface area contributed by atoms with Crippen LogP contribution in [0, 0.1) is 5.82 Å². The van der Waals surface area contributed by atoms with E-state index >= 15 is 0 Å². The number of hydrogen-bond acceptors (Lipinski definition) is 2. The van der Waals surface area contributed by atoms with Crippen molar-refractivity contribution in [2.45, 2.75) is 18.8 Å². The molecule has 3 heteroatoms. The van der Waals surface area contributed by atoms with Gasteiger partial charge in [0.2, 0.25) is 0 Å². The largest absolute Gasteiger partial charge is 0.493 e. The molecule has 0 radical (unpaired) electrons. The average molecular weight is 195 g/mol. The lowest BCUT2D eigenvalue weighted by Gasteiger charge is -2.34. The number of fused-ring (bicyclic) bond motifs is 1. The summed E-state index contributed by atoms with van der Waals surface area (Å²) in [7, 11) is 0. The summed E-state index contributed by atoms with van der Waals surface area (Å²) in [5.41, 5.74) is 6.48. The normalized spacial score (nSPS) is 25.4. The molecular weight excluding hydrogens is 181 g/mol. The van der Waals surface area contributed by atoms with Crippen molar-refractivity contribution >= 4 is 0 Å². The van der Waals surface area contributed by atoms with Crippen molar-refractivity contribution in [3.63, 3.8) is 0 Å². The second-order valence-corrected chi connectivity index (χ2v) is 4.00. The van der Waals surface area contributed by atoms with Gasteiger partial charge in [0.1, 0.15) is 11.6 Å². The van der Waals surface area contributed by atoms with Gasteiger partial charge in [-0.25, -0.2) is 4.39 Å². The van der Waals surface area contributed by atoms with E-state index in [2.05, 4.69) is 0 Å². The molecule has 0 bridgehead atoms. The van der Waals surface area contributed by atoms with Gasteiger partial charge in [-0.3, -0.25) is 0 Å². The monoisotopic (exact) mass is 195 g/mol. The summed E-state index contributed by atoms with van der Waals surface area (Å²) >= 11 is 0. The van der Waals surface area contributed by atoms with E-state index in [0.29, 0.717) is 13.2 Å². The molecule has 1 unspecified atom stereocenters. The maximum atomic E-state index is 13.1. The predicted molar refractivity (Wildman–Crippen MR) is 52.9 cm³/mol. The van der Waals surface area contributed by atoms with Crippen molar-refractivity contribution in [1.29, 1.82) is 0 Å². The van der Waals surface area contributed by atoms with Gasteiger partial charge in [-0.15, -0.1) is 0 Å². The number of hydrogen-bond donors (Lipinski definition) is 1. The first-order chi connectivity index (χ1) is 6.65. The molecule has 1 heterocycles. The summed E-state index contributed by atoms with van der Waals surface area (Å²) in [6, 6.07) is 4.63. The Balaban J connectivity index is 2.52. The fourth-order valence-corrected chi connectivity index (χ4v) is 1.83. The van der Waals surface area contributed by atoms with Crippen molar-refractivity contribution in [3.8, 4) is 5.75 Å². The van der Waals surface area contributed by atoms with Gasteiger partial charge < -0.3 is 10.5 Å². The molecule has 0 aliphatic carbocycles. The molecule has 1 aromatic carbocycles. The molecule has 2 rings (SSSR count). The van der Waals surface area contributed by atoms with Crippen LogP contribution in [0.25, 0.3) is 0 Å². The zero-order valence-electron chi connectivity index (χ0n) is 8.22. The standard InChI is InChI=1S/C11H14FNO/c1-11(7-13)4-5-14-10-3-2-8(12)6-9(10)11/h2-3,6H,4-5,7,13H2,1H3. The SMILES string of the molecule is CC1(CN)CCOc2ccc(F)cc21. The molecular formula is C11H14FNO. The van der Waals surface area contributed by atoms with Gasteiger partial charge in [0.25, 0.3) is 0 Å². The van der Waals surface area contributed by atoms with Crippen LogP contribution < -0.4 is 10.5 Å². The van der Waals surface area contributed by atoms with E-state index in [1.165, 1.54) is 12.1 Å². The van der Waals surface area contributed by atoms with E-state index < -0.39 is 0 Å². The van der Waals surface area contributed by atoms with Gasteiger partial charge in [-0.1, -0.05) is 6.92 Å². The van der Waals surface area contributed by atoms with Crippen LogP contribution in [0.3, 0.4) is 0 Å². The minimum absolute atomic E-state index is 0.143. The van der Waals surface area contributed by atoms with E-state index in [4.69, 9.17) is 10.5 Å². The van der Waals surface area contributed by atoms with Crippen LogP contribution in [0.5, 0.6) is 5.75 Å². The van der Waals surface area contributed by atoms with E-state index in [-0.39, 0.29) is 11.2 Å². The Morgan fingerprint density at radius 2 is 2.36 bits per heavy atom. The highest BCUT2D eigenvalue weighted by atomic mass is 19.1. The molecule has 0 spiro atoms. The van der Waals surface area contributed by atoms with E-state index in [9.17, 15) is 4.39 Å². The van der Waals surface area contributed by atoms with Gasteiger partial charge in [0.05, 0.1) is 6.61 Å². The van der Waals surface area contributed by atoms with Crippen molar-refractivity contribution in [3.05, 3.63) is 29.6 Å². The Morgan fingerprint density at radius 3 is 3.07 bits per heavy atom. The van der Waals surface area contributed by atoms with Gasteiger partial charge in [-0.05, 0) is 24.6 Å². The third-order valence-corrected chi connectivity index (χ3v) is 2.95. The summed E-state index contributed by atoms with van der Waals surface area (Å²) in [5.74, 6) is 0.541. The van der Waals surface area contributed by atoms with Crippen molar-refractivity contribution in [2.24, 2.45) is 5.73 Å². The van der Waals surface area contributed by atoms with Crippen LogP contribution in [0.2, 0.25) is 0 Å². The highest BCUT2D eigenvalue weighted by Crippen LogP contribution is 2.38. The molecule has 1 atom stereocenters. The van der Waals surface area contributed by atoms with Gasteiger partial charge in [-0.2, -0.15) is 0 Å². The average Bonchev–Trinajstić information content (AvgIpc) is 2.20. The Kier molecular flexibility index (Phi) is 2.19. The van der Waals surface area contributed by atoms with Crippen LogP contribution in [0.4, 0.5) is 4.39 Å².